The molecule has 2 N–H and O–H groups in total. The summed E-state index contributed by atoms with van der Waals surface area (Å²) in [4.78, 5) is 27.7. The monoisotopic (exact) mass is 495 g/mol. The number of nitrogens with zero attached hydrogens (tertiary/aromatic N) is 7. The highest BCUT2D eigenvalue weighted by atomic mass is 15.3. The van der Waals surface area contributed by atoms with Gasteiger partial charge in [0.15, 0.2) is 5.82 Å². The van der Waals surface area contributed by atoms with Gasteiger partial charge < -0.3 is 15.5 Å². The van der Waals surface area contributed by atoms with Crippen molar-refractivity contribution in [1.29, 1.82) is 0 Å². The number of aryl methyl sites for hydroxylation is 1. The average Bonchev–Trinajstić information content (AvgIpc) is 2.93. The Hall–Kier alpha value is -3.95. The summed E-state index contributed by atoms with van der Waals surface area (Å²) in [6.45, 7) is 8.43. The minimum absolute atomic E-state index is 0.572. The molecule has 3 aromatic heterocycles. The summed E-state index contributed by atoms with van der Waals surface area (Å²) < 4.78 is 0. The minimum atomic E-state index is 0.572. The molecule has 0 aliphatic carbocycles. The Kier molecular flexibility index (Phi) is 7.93. The molecule has 0 spiro atoms. The molecule has 1 aliphatic rings. The van der Waals surface area contributed by atoms with Crippen LogP contribution in [0.3, 0.4) is 0 Å². The van der Waals surface area contributed by atoms with E-state index in [9.17, 15) is 0 Å². The SMILES string of the molecule is CNCCN1CCN(c2ccc(Cc3nccc(Nc4ccnc(-c5cccc(C)n5)n4)n3)cc2)CC1. The van der Waals surface area contributed by atoms with Crippen molar-refractivity contribution < 1.29 is 0 Å². The lowest BCUT2D eigenvalue weighted by atomic mass is 10.1. The Labute approximate surface area is 218 Å². The van der Waals surface area contributed by atoms with Gasteiger partial charge in [-0.2, -0.15) is 0 Å². The molecule has 0 amide bonds. The predicted octanol–water partition coefficient (Wildman–Crippen LogP) is 3.31. The van der Waals surface area contributed by atoms with Crippen LogP contribution in [0.5, 0.6) is 0 Å². The van der Waals surface area contributed by atoms with Crippen LogP contribution in [0.1, 0.15) is 17.1 Å². The van der Waals surface area contributed by atoms with E-state index >= 15 is 0 Å². The molecular weight excluding hydrogens is 462 g/mol. The van der Waals surface area contributed by atoms with Crippen molar-refractivity contribution in [3.63, 3.8) is 0 Å². The first-order chi connectivity index (χ1) is 18.2. The third-order valence-electron chi connectivity index (χ3n) is 6.45. The first-order valence-corrected chi connectivity index (χ1v) is 12.7. The fourth-order valence-corrected chi connectivity index (χ4v) is 4.41. The highest BCUT2D eigenvalue weighted by molar-refractivity contribution is 5.56. The Morgan fingerprint density at radius 2 is 1.57 bits per heavy atom. The molecule has 1 fully saturated rings. The second kappa shape index (κ2) is 11.9. The van der Waals surface area contributed by atoms with E-state index in [-0.39, 0.29) is 0 Å². The molecule has 190 valence electrons. The molecule has 4 aromatic rings. The molecule has 0 saturated carbocycles. The van der Waals surface area contributed by atoms with Crippen LogP contribution >= 0.6 is 0 Å². The molecule has 1 aliphatic heterocycles. The van der Waals surface area contributed by atoms with Gasteiger partial charge in [-0.25, -0.2) is 24.9 Å². The summed E-state index contributed by atoms with van der Waals surface area (Å²) in [5, 5.41) is 6.51. The quantitative estimate of drug-likeness (QED) is 0.363. The van der Waals surface area contributed by atoms with Crippen molar-refractivity contribution >= 4 is 17.3 Å². The molecule has 4 heterocycles. The van der Waals surface area contributed by atoms with Crippen LogP contribution < -0.4 is 15.5 Å². The zero-order valence-electron chi connectivity index (χ0n) is 21.4. The number of hydrogen-bond acceptors (Lipinski definition) is 9. The average molecular weight is 496 g/mol. The van der Waals surface area contributed by atoms with Gasteiger partial charge in [0.1, 0.15) is 23.2 Å². The van der Waals surface area contributed by atoms with Gasteiger partial charge in [0.2, 0.25) is 0 Å². The number of rotatable bonds is 9. The van der Waals surface area contributed by atoms with Crippen molar-refractivity contribution in [1.82, 2.24) is 35.1 Å². The van der Waals surface area contributed by atoms with Gasteiger partial charge in [-0.15, -0.1) is 0 Å². The van der Waals surface area contributed by atoms with Crippen molar-refractivity contribution in [3.8, 4) is 11.5 Å². The van der Waals surface area contributed by atoms with E-state index in [4.69, 9.17) is 4.98 Å². The maximum Gasteiger partial charge on any atom is 0.180 e. The van der Waals surface area contributed by atoms with Crippen LogP contribution in [0, 0.1) is 6.92 Å². The van der Waals surface area contributed by atoms with Crippen LogP contribution in [-0.4, -0.2) is 76.1 Å². The summed E-state index contributed by atoms with van der Waals surface area (Å²) in [5.41, 5.74) is 4.13. The number of piperazine rings is 1. The zero-order chi connectivity index (χ0) is 25.5. The second-order valence-corrected chi connectivity index (χ2v) is 9.19. The molecule has 1 aromatic carbocycles. The third-order valence-corrected chi connectivity index (χ3v) is 6.45. The van der Waals surface area contributed by atoms with E-state index in [0.717, 1.165) is 56.5 Å². The highest BCUT2D eigenvalue weighted by Crippen LogP contribution is 2.20. The molecule has 0 atom stereocenters. The van der Waals surface area contributed by atoms with Gasteiger partial charge >= 0.3 is 0 Å². The summed E-state index contributed by atoms with van der Waals surface area (Å²) in [7, 11) is 2.01. The van der Waals surface area contributed by atoms with Gasteiger partial charge in [0, 0.05) is 69.5 Å². The number of anilines is 3. The number of aromatic nitrogens is 5. The minimum Gasteiger partial charge on any atom is -0.369 e. The normalized spacial score (nSPS) is 14.1. The number of likely N-dealkylation sites (N-methyl/N-ethyl adjacent to an activating group) is 1. The van der Waals surface area contributed by atoms with E-state index in [2.05, 4.69) is 64.6 Å². The molecule has 37 heavy (non-hydrogen) atoms. The lowest BCUT2D eigenvalue weighted by Gasteiger charge is -2.36. The lowest BCUT2D eigenvalue weighted by molar-refractivity contribution is 0.260. The topological polar surface area (TPSA) is 95.0 Å². The van der Waals surface area contributed by atoms with Crippen molar-refractivity contribution in [2.75, 3.05) is 56.5 Å². The van der Waals surface area contributed by atoms with Gasteiger partial charge in [-0.05, 0) is 55.9 Å². The largest absolute Gasteiger partial charge is 0.369 e. The maximum absolute atomic E-state index is 4.71. The summed E-state index contributed by atoms with van der Waals surface area (Å²) in [5.74, 6) is 2.68. The van der Waals surface area contributed by atoms with Crippen molar-refractivity contribution in [3.05, 3.63) is 84.1 Å². The van der Waals surface area contributed by atoms with E-state index in [1.54, 1.807) is 12.4 Å². The Bertz CT molecular complexity index is 1300. The van der Waals surface area contributed by atoms with Gasteiger partial charge in [-0.1, -0.05) is 18.2 Å². The van der Waals surface area contributed by atoms with Crippen molar-refractivity contribution in [2.45, 2.75) is 13.3 Å². The van der Waals surface area contributed by atoms with Crippen molar-refractivity contribution in [2.24, 2.45) is 0 Å². The number of pyridine rings is 1. The first-order valence-electron chi connectivity index (χ1n) is 12.7. The molecule has 9 heteroatoms. The van der Waals surface area contributed by atoms with Gasteiger partial charge in [0.25, 0.3) is 0 Å². The zero-order valence-corrected chi connectivity index (χ0v) is 21.4. The summed E-state index contributed by atoms with van der Waals surface area (Å²) >= 11 is 0. The number of benzene rings is 1. The third kappa shape index (κ3) is 6.63. The maximum atomic E-state index is 4.71. The number of nitrogens with one attached hydrogen (secondary N) is 2. The van der Waals surface area contributed by atoms with Crippen LogP contribution in [0.25, 0.3) is 11.5 Å². The van der Waals surface area contributed by atoms with E-state index in [0.29, 0.717) is 23.9 Å². The van der Waals surface area contributed by atoms with E-state index < -0.39 is 0 Å². The number of hydrogen-bond donors (Lipinski definition) is 2. The molecule has 1 saturated heterocycles. The highest BCUT2D eigenvalue weighted by Gasteiger charge is 2.16. The van der Waals surface area contributed by atoms with Crippen LogP contribution in [0.2, 0.25) is 0 Å². The van der Waals surface area contributed by atoms with Crippen LogP contribution in [0.4, 0.5) is 17.3 Å². The molecule has 0 bridgehead atoms. The Morgan fingerprint density at radius 1 is 0.811 bits per heavy atom. The van der Waals surface area contributed by atoms with Crippen LogP contribution in [0.15, 0.2) is 67.0 Å². The lowest BCUT2D eigenvalue weighted by Crippen LogP contribution is -2.48. The molecule has 0 radical (unpaired) electrons. The molecule has 5 rings (SSSR count). The Morgan fingerprint density at radius 3 is 2.32 bits per heavy atom. The van der Waals surface area contributed by atoms with E-state index in [1.165, 1.54) is 11.3 Å². The molecule has 0 unspecified atom stereocenters. The summed E-state index contributed by atoms with van der Waals surface area (Å²) in [6, 6.07) is 18.3. The van der Waals surface area contributed by atoms with Crippen LogP contribution in [-0.2, 0) is 6.42 Å². The van der Waals surface area contributed by atoms with Gasteiger partial charge in [-0.3, -0.25) is 4.90 Å². The first kappa shape index (κ1) is 24.7. The predicted molar refractivity (Wildman–Crippen MR) is 147 cm³/mol. The molecular formula is C28H33N9. The van der Waals surface area contributed by atoms with E-state index in [1.807, 2.05) is 44.3 Å². The second-order valence-electron chi connectivity index (χ2n) is 9.19. The van der Waals surface area contributed by atoms with Gasteiger partial charge in [0.05, 0.1) is 0 Å². The summed E-state index contributed by atoms with van der Waals surface area (Å²) in [6.07, 6.45) is 4.16. The Balaban J connectivity index is 1.20. The fraction of sp³-hybridized carbons (Fsp3) is 0.321. The standard InChI is InChI=1S/C28H33N9/c1-21-4-3-5-24(32-21)28-31-13-11-26(35-28)33-25-10-12-30-27(34-25)20-22-6-8-23(9-7-22)37-18-16-36(17-19-37)15-14-29-2/h3-13,29H,14-20H2,1-2H3,(H,30,31,33,34,35). The molecule has 9 nitrogen and oxygen atoms in total. The smallest absolute Gasteiger partial charge is 0.180 e. The fourth-order valence-electron chi connectivity index (χ4n) is 4.41.